The van der Waals surface area contributed by atoms with Gasteiger partial charge < -0.3 is 5.32 Å². The number of carbonyl (C=O) groups is 1. The van der Waals surface area contributed by atoms with Crippen LogP contribution in [0.4, 0.5) is 17.6 Å². The Bertz CT molecular complexity index is 1180. The number of nitrogens with zero attached hydrogens (tertiary/aromatic N) is 4. The Balaban J connectivity index is 2.51. The fourth-order valence-corrected chi connectivity index (χ4v) is 3.02. The van der Waals surface area contributed by atoms with Crippen LogP contribution in [0.5, 0.6) is 0 Å². The van der Waals surface area contributed by atoms with Crippen LogP contribution in [0.25, 0.3) is 5.70 Å². The molecule has 1 aromatic heterocycles. The summed E-state index contributed by atoms with van der Waals surface area (Å²) in [5.41, 5.74) is -1.88. The summed E-state index contributed by atoms with van der Waals surface area (Å²) in [6.45, 7) is 9.59. The van der Waals surface area contributed by atoms with Crippen molar-refractivity contribution in [2.24, 2.45) is 9.98 Å². The van der Waals surface area contributed by atoms with Crippen molar-refractivity contribution in [3.05, 3.63) is 70.4 Å². The molecule has 1 aromatic carbocycles. The topological polar surface area (TPSA) is 90.5 Å². The summed E-state index contributed by atoms with van der Waals surface area (Å²) in [5, 5.41) is 11.9. The van der Waals surface area contributed by atoms with E-state index in [-0.39, 0.29) is 28.2 Å². The van der Waals surface area contributed by atoms with Gasteiger partial charge in [0.1, 0.15) is 11.5 Å². The van der Waals surface area contributed by atoms with Crippen molar-refractivity contribution in [3.8, 4) is 6.07 Å². The minimum Gasteiger partial charge on any atom is -0.344 e. The van der Waals surface area contributed by atoms with Gasteiger partial charge in [0.15, 0.2) is 0 Å². The van der Waals surface area contributed by atoms with Gasteiger partial charge >= 0.3 is 6.18 Å². The highest BCUT2D eigenvalue weighted by atomic mass is 19.4. The smallest absolute Gasteiger partial charge is 0.344 e. The van der Waals surface area contributed by atoms with Crippen LogP contribution in [0.1, 0.15) is 54.9 Å². The third-order valence-corrected chi connectivity index (χ3v) is 4.92. The second-order valence-electron chi connectivity index (χ2n) is 7.87. The minimum absolute atomic E-state index is 0.0482. The molecule has 2 rings (SSSR count). The first kappa shape index (κ1) is 26.4. The highest BCUT2D eigenvalue weighted by molar-refractivity contribution is 5.95. The molecule has 0 spiro atoms. The summed E-state index contributed by atoms with van der Waals surface area (Å²) in [6.07, 6.45) is -2.28. The number of benzene rings is 1. The largest absolute Gasteiger partial charge is 0.416 e. The molecule has 178 valence electrons. The van der Waals surface area contributed by atoms with Gasteiger partial charge in [0.2, 0.25) is 0 Å². The van der Waals surface area contributed by atoms with E-state index in [9.17, 15) is 27.6 Å². The number of halogens is 4. The molecule has 0 aliphatic heterocycles. The number of aliphatic imine (C=N–C) groups is 2. The van der Waals surface area contributed by atoms with E-state index in [1.165, 1.54) is 38.3 Å². The maximum absolute atomic E-state index is 13.5. The number of nitrogens with one attached hydrogen (secondary N) is 1. The van der Waals surface area contributed by atoms with E-state index in [1.54, 1.807) is 13.8 Å². The molecule has 1 atom stereocenters. The number of hydrogen-bond donors (Lipinski definition) is 1. The van der Waals surface area contributed by atoms with Crippen LogP contribution in [0.15, 0.2) is 52.2 Å². The first-order valence-corrected chi connectivity index (χ1v) is 10.1. The third kappa shape index (κ3) is 6.13. The fourth-order valence-electron chi connectivity index (χ4n) is 3.02. The molecule has 1 heterocycles. The van der Waals surface area contributed by atoms with Gasteiger partial charge in [-0.3, -0.25) is 19.8 Å². The monoisotopic (exact) mass is 473 g/mol. The number of pyridine rings is 1. The zero-order valence-electron chi connectivity index (χ0n) is 19.0. The highest BCUT2D eigenvalue weighted by Gasteiger charge is 2.34. The van der Waals surface area contributed by atoms with Crippen molar-refractivity contribution in [2.45, 2.75) is 45.3 Å². The third-order valence-electron chi connectivity index (χ3n) is 4.92. The summed E-state index contributed by atoms with van der Waals surface area (Å²) in [4.78, 5) is 25.0. The molecule has 0 radical (unpaired) electrons. The van der Waals surface area contributed by atoms with Gasteiger partial charge in [0.05, 0.1) is 40.7 Å². The quantitative estimate of drug-likeness (QED) is 0.436. The van der Waals surface area contributed by atoms with E-state index in [2.05, 4.69) is 27.0 Å². The predicted molar refractivity (Wildman–Crippen MR) is 122 cm³/mol. The zero-order valence-corrected chi connectivity index (χ0v) is 19.0. The number of carbonyl (C=O) groups excluding carboxylic acids is 1. The first-order valence-electron chi connectivity index (χ1n) is 10.1. The van der Waals surface area contributed by atoms with Crippen LogP contribution in [-0.4, -0.2) is 29.9 Å². The van der Waals surface area contributed by atoms with E-state index >= 15 is 0 Å². The van der Waals surface area contributed by atoms with E-state index in [1.807, 2.05) is 6.07 Å². The number of aromatic nitrogens is 1. The van der Waals surface area contributed by atoms with Crippen LogP contribution < -0.4 is 5.32 Å². The lowest BCUT2D eigenvalue weighted by atomic mass is 9.84. The second kappa shape index (κ2) is 10.4. The van der Waals surface area contributed by atoms with E-state index in [0.717, 1.165) is 18.3 Å². The van der Waals surface area contributed by atoms with Gasteiger partial charge in [0, 0.05) is 11.8 Å². The fraction of sp³-hybridized carbons (Fsp3) is 0.292. The molecular formula is C24H23F4N5O. The lowest BCUT2D eigenvalue weighted by Gasteiger charge is -2.21. The number of hydrogen-bond acceptors (Lipinski definition) is 5. The number of alkyl halides is 3. The Labute approximate surface area is 194 Å². The SMILES string of the molecule is C=N/C(=C(\N=C/C)c1ccc(F)cn1)C(C)NC(=O)c1cc(C(F)(F)F)cc(C(C)(C)C#N)c1. The van der Waals surface area contributed by atoms with Gasteiger partial charge in [-0.05, 0) is 70.3 Å². The Morgan fingerprint density at radius 1 is 1.24 bits per heavy atom. The molecular weight excluding hydrogens is 450 g/mol. The van der Waals surface area contributed by atoms with E-state index < -0.39 is 34.9 Å². The van der Waals surface area contributed by atoms with Crippen molar-refractivity contribution in [1.82, 2.24) is 10.3 Å². The summed E-state index contributed by atoms with van der Waals surface area (Å²) in [7, 11) is 0. The summed E-state index contributed by atoms with van der Waals surface area (Å²) in [5.74, 6) is -1.37. The van der Waals surface area contributed by atoms with Gasteiger partial charge in [-0.25, -0.2) is 4.39 Å². The Morgan fingerprint density at radius 3 is 2.38 bits per heavy atom. The minimum atomic E-state index is -4.72. The first-order chi connectivity index (χ1) is 15.8. The number of nitriles is 1. The van der Waals surface area contributed by atoms with Crippen LogP contribution in [0.3, 0.4) is 0 Å². The van der Waals surface area contributed by atoms with Gasteiger partial charge in [0.25, 0.3) is 5.91 Å². The highest BCUT2D eigenvalue weighted by Crippen LogP contribution is 2.34. The molecule has 10 heteroatoms. The molecule has 0 aliphatic carbocycles. The Hall–Kier alpha value is -3.87. The Kier molecular flexibility index (Phi) is 8.05. The van der Waals surface area contributed by atoms with Crippen LogP contribution in [-0.2, 0) is 11.6 Å². The van der Waals surface area contributed by atoms with Gasteiger partial charge in [-0.15, -0.1) is 0 Å². The van der Waals surface area contributed by atoms with Gasteiger partial charge in [-0.1, -0.05) is 0 Å². The molecule has 0 aliphatic rings. The second-order valence-corrected chi connectivity index (χ2v) is 7.87. The molecule has 1 unspecified atom stereocenters. The van der Waals surface area contributed by atoms with Crippen LogP contribution in [0, 0.1) is 17.1 Å². The molecule has 0 bridgehead atoms. The van der Waals surface area contributed by atoms with E-state index in [4.69, 9.17) is 0 Å². The van der Waals surface area contributed by atoms with Crippen molar-refractivity contribution >= 4 is 24.5 Å². The van der Waals surface area contributed by atoms with Gasteiger partial charge in [-0.2, -0.15) is 18.4 Å². The number of amides is 1. The molecule has 2 aromatic rings. The molecule has 0 saturated heterocycles. The standard InChI is InChI=1S/C24H23F4N5O/c1-6-31-21(19-8-7-18(25)12-32-19)20(30-5)14(2)33-22(34)15-9-16(23(3,4)13-29)11-17(10-15)24(26,27)28/h6-12,14H,5H2,1-4H3,(H,33,34)/b21-20-,31-6-. The summed E-state index contributed by atoms with van der Waals surface area (Å²) >= 11 is 0. The summed E-state index contributed by atoms with van der Waals surface area (Å²) in [6, 6.07) is 6.47. The summed E-state index contributed by atoms with van der Waals surface area (Å²) < 4.78 is 53.7. The van der Waals surface area contributed by atoms with Crippen LogP contribution >= 0.6 is 0 Å². The average molecular weight is 473 g/mol. The van der Waals surface area contributed by atoms with Crippen LogP contribution in [0.2, 0.25) is 0 Å². The predicted octanol–water partition coefficient (Wildman–Crippen LogP) is 5.32. The van der Waals surface area contributed by atoms with Crippen molar-refractivity contribution < 1.29 is 22.4 Å². The zero-order chi connectivity index (χ0) is 25.7. The van der Waals surface area contributed by atoms with E-state index in [0.29, 0.717) is 0 Å². The van der Waals surface area contributed by atoms with Crippen molar-refractivity contribution in [3.63, 3.8) is 0 Å². The lowest BCUT2D eigenvalue weighted by Crippen LogP contribution is -2.34. The Morgan fingerprint density at radius 2 is 1.88 bits per heavy atom. The normalized spacial score (nSPS) is 13.7. The molecule has 1 N–H and O–H groups in total. The van der Waals surface area contributed by atoms with Crippen molar-refractivity contribution in [2.75, 3.05) is 0 Å². The molecule has 6 nitrogen and oxygen atoms in total. The maximum Gasteiger partial charge on any atom is 0.416 e. The molecule has 0 fully saturated rings. The maximum atomic E-state index is 13.5. The number of rotatable bonds is 7. The molecule has 0 saturated carbocycles. The average Bonchev–Trinajstić information content (AvgIpc) is 2.78. The molecule has 34 heavy (non-hydrogen) atoms. The molecule has 1 amide bonds. The van der Waals surface area contributed by atoms with Crippen molar-refractivity contribution in [1.29, 1.82) is 5.26 Å². The lowest BCUT2D eigenvalue weighted by molar-refractivity contribution is -0.137.